The maximum atomic E-state index is 14.0. The van der Waals surface area contributed by atoms with E-state index in [2.05, 4.69) is 4.74 Å². The van der Waals surface area contributed by atoms with Crippen LogP contribution in [0.4, 0.5) is 26.3 Å². The molecule has 3 unspecified atom stereocenters. The Morgan fingerprint density at radius 3 is 1.76 bits per heavy atom. The monoisotopic (exact) mass is 683 g/mol. The molecule has 1 aliphatic carbocycles. The third kappa shape index (κ3) is 10.7. The van der Waals surface area contributed by atoms with Gasteiger partial charge in [-0.15, -0.1) is 0 Å². The minimum Gasteiger partial charge on any atom is -0.463 e. The maximum absolute atomic E-state index is 14.0. The Balaban J connectivity index is 3.40. The lowest BCUT2D eigenvalue weighted by Crippen LogP contribution is -2.52. The summed E-state index contributed by atoms with van der Waals surface area (Å²) >= 11 is 0. The molecule has 45 heavy (non-hydrogen) atoms. The number of carbonyl (C=O) groups is 3. The zero-order valence-corrected chi connectivity index (χ0v) is 28.2. The summed E-state index contributed by atoms with van der Waals surface area (Å²) in [6.07, 6.45) is -4.68. The van der Waals surface area contributed by atoms with E-state index in [1.54, 1.807) is 6.92 Å². The predicted molar refractivity (Wildman–Crippen MR) is 152 cm³/mol. The van der Waals surface area contributed by atoms with Crippen molar-refractivity contribution < 1.29 is 63.4 Å². The highest BCUT2D eigenvalue weighted by atomic mass is 32.2. The SMILES string of the molecule is CCC1(OC(=O)C(C)(CC(C)(C)C(=O)OC(C)C(F)(F)F)CC(C)(CC)C(=O)OCC(C)(C)NS(=O)(=O)C(F)(F)F)CCCC1. The first-order valence-corrected chi connectivity index (χ1v) is 16.3. The third-order valence-electron chi connectivity index (χ3n) is 8.42. The summed E-state index contributed by atoms with van der Waals surface area (Å²) in [5, 5.41) is 0. The summed E-state index contributed by atoms with van der Waals surface area (Å²) in [6, 6.07) is 0. The molecule has 0 amide bonds. The Labute approximate surface area is 261 Å². The molecular weight excluding hydrogens is 636 g/mol. The van der Waals surface area contributed by atoms with Crippen LogP contribution in [0, 0.1) is 16.2 Å². The minimum absolute atomic E-state index is 0.0261. The lowest BCUT2D eigenvalue weighted by molar-refractivity contribution is -0.222. The zero-order chi connectivity index (χ0) is 35.5. The highest BCUT2D eigenvalue weighted by molar-refractivity contribution is 7.90. The Morgan fingerprint density at radius 1 is 0.822 bits per heavy atom. The third-order valence-corrected chi connectivity index (χ3v) is 9.85. The fourth-order valence-electron chi connectivity index (χ4n) is 5.58. The van der Waals surface area contributed by atoms with Crippen LogP contribution in [0.25, 0.3) is 0 Å². The second kappa shape index (κ2) is 13.9. The predicted octanol–water partition coefficient (Wildman–Crippen LogP) is 6.74. The van der Waals surface area contributed by atoms with Crippen LogP contribution in [0.2, 0.25) is 0 Å². The van der Waals surface area contributed by atoms with Crippen LogP contribution in [0.1, 0.15) is 114 Å². The van der Waals surface area contributed by atoms with Gasteiger partial charge in [0.15, 0.2) is 6.10 Å². The van der Waals surface area contributed by atoms with Crippen molar-refractivity contribution >= 4 is 27.9 Å². The van der Waals surface area contributed by atoms with Crippen LogP contribution < -0.4 is 4.72 Å². The van der Waals surface area contributed by atoms with E-state index in [-0.39, 0.29) is 19.3 Å². The second-order valence-electron chi connectivity index (χ2n) is 13.9. The van der Waals surface area contributed by atoms with E-state index in [0.29, 0.717) is 26.2 Å². The van der Waals surface area contributed by atoms with Crippen molar-refractivity contribution in [1.29, 1.82) is 0 Å². The van der Waals surface area contributed by atoms with Gasteiger partial charge in [-0.05, 0) is 99.8 Å². The molecule has 0 aromatic heterocycles. The van der Waals surface area contributed by atoms with Gasteiger partial charge in [0.25, 0.3) is 0 Å². The summed E-state index contributed by atoms with van der Waals surface area (Å²) in [4.78, 5) is 40.3. The minimum atomic E-state index is -5.77. The summed E-state index contributed by atoms with van der Waals surface area (Å²) < 4.78 is 119. The van der Waals surface area contributed by atoms with Crippen molar-refractivity contribution in [3.05, 3.63) is 0 Å². The van der Waals surface area contributed by atoms with Crippen molar-refractivity contribution in [3.8, 4) is 0 Å². The fraction of sp³-hybridized carbons (Fsp3) is 0.897. The van der Waals surface area contributed by atoms with Crippen LogP contribution in [-0.2, 0) is 38.6 Å². The van der Waals surface area contributed by atoms with Gasteiger partial charge < -0.3 is 14.2 Å². The van der Waals surface area contributed by atoms with E-state index in [1.807, 2.05) is 6.92 Å². The number of sulfonamides is 1. The van der Waals surface area contributed by atoms with Crippen LogP contribution >= 0.6 is 0 Å². The summed E-state index contributed by atoms with van der Waals surface area (Å²) in [5.41, 5.74) is -13.1. The smallest absolute Gasteiger partial charge is 0.463 e. The molecule has 0 heterocycles. The molecule has 0 aromatic carbocycles. The van der Waals surface area contributed by atoms with Gasteiger partial charge in [-0.2, -0.15) is 31.1 Å². The summed E-state index contributed by atoms with van der Waals surface area (Å²) in [7, 11) is -5.77. The molecule has 9 nitrogen and oxygen atoms in total. The molecule has 1 rings (SSSR count). The molecule has 16 heteroatoms. The molecule has 1 N–H and O–H groups in total. The Kier molecular flexibility index (Phi) is 12.7. The molecule has 0 radical (unpaired) electrons. The number of ether oxygens (including phenoxy) is 3. The highest BCUT2D eigenvalue weighted by Crippen LogP contribution is 2.48. The molecule has 1 saturated carbocycles. The molecule has 1 aliphatic rings. The number of rotatable bonds is 15. The molecule has 1 fully saturated rings. The normalized spacial score (nSPS) is 19.6. The molecule has 264 valence electrons. The van der Waals surface area contributed by atoms with Crippen LogP contribution in [0.5, 0.6) is 0 Å². The van der Waals surface area contributed by atoms with Crippen LogP contribution in [0.15, 0.2) is 0 Å². The number of carbonyl (C=O) groups excluding carboxylic acids is 3. The summed E-state index contributed by atoms with van der Waals surface area (Å²) in [6.45, 7) is 10.9. The number of alkyl halides is 6. The first-order valence-electron chi connectivity index (χ1n) is 14.8. The van der Waals surface area contributed by atoms with Crippen molar-refractivity contribution in [2.24, 2.45) is 16.2 Å². The number of halogens is 6. The van der Waals surface area contributed by atoms with E-state index >= 15 is 0 Å². The number of hydrogen-bond acceptors (Lipinski definition) is 8. The van der Waals surface area contributed by atoms with Crippen LogP contribution in [-0.4, -0.2) is 61.9 Å². The fourth-order valence-corrected chi connectivity index (χ4v) is 6.48. The van der Waals surface area contributed by atoms with Gasteiger partial charge in [-0.25, -0.2) is 8.42 Å². The first-order chi connectivity index (χ1) is 20.0. The van der Waals surface area contributed by atoms with Gasteiger partial charge in [0.05, 0.1) is 21.8 Å². The topological polar surface area (TPSA) is 125 Å². The zero-order valence-electron chi connectivity index (χ0n) is 27.4. The highest BCUT2D eigenvalue weighted by Gasteiger charge is 2.53. The quantitative estimate of drug-likeness (QED) is 0.114. The van der Waals surface area contributed by atoms with Crippen molar-refractivity contribution in [1.82, 2.24) is 4.72 Å². The van der Waals surface area contributed by atoms with Gasteiger partial charge in [-0.1, -0.05) is 13.8 Å². The van der Waals surface area contributed by atoms with Gasteiger partial charge in [-0.3, -0.25) is 14.4 Å². The van der Waals surface area contributed by atoms with Crippen molar-refractivity contribution in [3.63, 3.8) is 0 Å². The van der Waals surface area contributed by atoms with E-state index in [1.165, 1.54) is 32.4 Å². The summed E-state index contributed by atoms with van der Waals surface area (Å²) in [5.74, 6) is -2.97. The molecule has 0 bridgehead atoms. The van der Waals surface area contributed by atoms with E-state index in [4.69, 9.17) is 9.47 Å². The lowest BCUT2D eigenvalue weighted by atomic mass is 9.65. The second-order valence-corrected chi connectivity index (χ2v) is 15.6. The molecule has 0 aromatic rings. The van der Waals surface area contributed by atoms with Crippen LogP contribution in [0.3, 0.4) is 0 Å². The first kappa shape index (κ1) is 40.9. The Hall–Kier alpha value is -2.10. The standard InChI is InChI=1S/C29H47F6NO8S/c1-10-25(8,21(38)42-18-24(6,7)36-45(40,41)29(33,34)35)17-26(9,22(39)44-27(11-2)14-12-13-15-27)16-23(4,5)20(37)43-19(3)28(30,31)32/h19,36H,10-18H2,1-9H3. The van der Waals surface area contributed by atoms with E-state index in [9.17, 15) is 49.1 Å². The molecule has 0 saturated heterocycles. The number of hydrogen-bond donors (Lipinski definition) is 1. The van der Waals surface area contributed by atoms with Crippen molar-refractivity contribution in [2.75, 3.05) is 6.61 Å². The number of nitrogens with one attached hydrogen (secondary N) is 1. The van der Waals surface area contributed by atoms with Gasteiger partial charge in [0.1, 0.15) is 12.2 Å². The van der Waals surface area contributed by atoms with Crippen molar-refractivity contribution in [2.45, 2.75) is 143 Å². The number of esters is 3. The molecule has 0 aliphatic heterocycles. The maximum Gasteiger partial charge on any atom is 0.511 e. The largest absolute Gasteiger partial charge is 0.511 e. The average Bonchev–Trinajstić information content (AvgIpc) is 3.33. The molecular formula is C29H47F6NO8S. The molecule has 3 atom stereocenters. The van der Waals surface area contributed by atoms with E-state index in [0.717, 1.165) is 26.7 Å². The molecule has 0 spiro atoms. The average molecular weight is 684 g/mol. The Morgan fingerprint density at radius 2 is 1.33 bits per heavy atom. The van der Waals surface area contributed by atoms with E-state index < -0.39 is 79.7 Å². The van der Waals surface area contributed by atoms with Gasteiger partial charge in [0, 0.05) is 0 Å². The van der Waals surface area contributed by atoms with Gasteiger partial charge >= 0.3 is 39.6 Å². The van der Waals surface area contributed by atoms with Gasteiger partial charge in [0.2, 0.25) is 0 Å². The Bertz CT molecular complexity index is 1180. The lowest BCUT2D eigenvalue weighted by Gasteiger charge is -2.42.